The van der Waals surface area contributed by atoms with E-state index >= 15 is 0 Å². The zero-order chi connectivity index (χ0) is 11.4. The molecule has 0 radical (unpaired) electrons. The fourth-order valence-electron chi connectivity index (χ4n) is 1.50. The summed E-state index contributed by atoms with van der Waals surface area (Å²) < 4.78 is 0. The molecule has 0 saturated heterocycles. The van der Waals surface area contributed by atoms with Gasteiger partial charge in [-0.2, -0.15) is 0 Å². The van der Waals surface area contributed by atoms with E-state index in [1.807, 2.05) is 13.8 Å². The van der Waals surface area contributed by atoms with E-state index in [1.54, 1.807) is 18.2 Å². The molecule has 1 aromatic carbocycles. The maximum absolute atomic E-state index is 11.5. The molecule has 1 atom stereocenters. The van der Waals surface area contributed by atoms with Crippen LogP contribution in [0.15, 0.2) is 18.2 Å². The van der Waals surface area contributed by atoms with Gasteiger partial charge in [-0.25, -0.2) is 0 Å². The van der Waals surface area contributed by atoms with E-state index in [-0.39, 0.29) is 11.7 Å². The molecular weight excluding hydrogens is 231 g/mol. The number of hydrogen-bond acceptors (Lipinski definition) is 1. The number of carbonyl (C=O) groups excluding carboxylic acids is 1. The van der Waals surface area contributed by atoms with E-state index in [0.29, 0.717) is 22.9 Å². The number of Topliss-reactive ketones (excluding diaryl/α,β-unsaturated/α-hetero) is 1. The highest BCUT2D eigenvalue weighted by Gasteiger charge is 2.15. The van der Waals surface area contributed by atoms with Crippen LogP contribution in [0, 0.1) is 5.92 Å². The highest BCUT2D eigenvalue weighted by atomic mass is 35.5. The monoisotopic (exact) mass is 244 g/mol. The van der Waals surface area contributed by atoms with Crippen molar-refractivity contribution in [1.29, 1.82) is 0 Å². The van der Waals surface area contributed by atoms with Crippen LogP contribution in [0.4, 0.5) is 0 Å². The number of carbonyl (C=O) groups is 1. The van der Waals surface area contributed by atoms with Gasteiger partial charge in [0.05, 0.1) is 0 Å². The first-order chi connectivity index (χ1) is 7.06. The van der Waals surface area contributed by atoms with Gasteiger partial charge >= 0.3 is 0 Å². The fourth-order valence-corrected chi connectivity index (χ4v) is 2.05. The third-order valence-corrected chi connectivity index (χ3v) is 3.18. The van der Waals surface area contributed by atoms with Gasteiger partial charge in [-0.3, -0.25) is 4.79 Å². The molecule has 1 aromatic rings. The summed E-state index contributed by atoms with van der Waals surface area (Å²) in [6, 6.07) is 5.40. The second kappa shape index (κ2) is 5.53. The third-order valence-electron chi connectivity index (χ3n) is 2.47. The van der Waals surface area contributed by atoms with Crippen molar-refractivity contribution in [2.45, 2.75) is 26.7 Å². The van der Waals surface area contributed by atoms with Gasteiger partial charge in [0.1, 0.15) is 5.78 Å². The quantitative estimate of drug-likeness (QED) is 0.778. The molecule has 0 fully saturated rings. The first kappa shape index (κ1) is 12.5. The van der Waals surface area contributed by atoms with E-state index < -0.39 is 0 Å². The predicted molar refractivity (Wildman–Crippen MR) is 64.6 cm³/mol. The number of benzene rings is 1. The standard InChI is InChI=1S/C12H14Cl2O/c1-3-12(15)8(2)7-9-10(13)5-4-6-11(9)14/h4-6,8H,3,7H2,1-2H3. The van der Waals surface area contributed by atoms with E-state index in [1.165, 1.54) is 0 Å². The summed E-state index contributed by atoms with van der Waals surface area (Å²) in [6.07, 6.45) is 1.18. The van der Waals surface area contributed by atoms with Gasteiger partial charge in [0.15, 0.2) is 0 Å². The zero-order valence-electron chi connectivity index (χ0n) is 8.89. The molecule has 1 nitrogen and oxygen atoms in total. The Balaban J connectivity index is 2.85. The summed E-state index contributed by atoms with van der Waals surface area (Å²) in [5.74, 6) is 0.221. The van der Waals surface area contributed by atoms with Gasteiger partial charge in [0, 0.05) is 22.4 Å². The van der Waals surface area contributed by atoms with Crippen LogP contribution in [0.5, 0.6) is 0 Å². The number of ketones is 1. The minimum absolute atomic E-state index is 0.0209. The minimum atomic E-state index is -0.0209. The van der Waals surface area contributed by atoms with Gasteiger partial charge in [-0.05, 0) is 24.1 Å². The first-order valence-electron chi connectivity index (χ1n) is 5.01. The van der Waals surface area contributed by atoms with Gasteiger partial charge < -0.3 is 0 Å². The Bertz CT molecular complexity index is 340. The fraction of sp³-hybridized carbons (Fsp3) is 0.417. The lowest BCUT2D eigenvalue weighted by Gasteiger charge is -2.11. The molecule has 0 amide bonds. The maximum atomic E-state index is 11.5. The summed E-state index contributed by atoms with van der Waals surface area (Å²) in [5.41, 5.74) is 0.870. The Labute approximate surface area is 100 Å². The second-order valence-corrected chi connectivity index (χ2v) is 4.44. The van der Waals surface area contributed by atoms with Crippen LogP contribution in [0.2, 0.25) is 10.0 Å². The Hall–Kier alpha value is -0.530. The van der Waals surface area contributed by atoms with Crippen molar-refractivity contribution in [3.05, 3.63) is 33.8 Å². The third kappa shape index (κ3) is 3.22. The van der Waals surface area contributed by atoms with Crippen LogP contribution in [0.3, 0.4) is 0 Å². The normalized spacial score (nSPS) is 12.5. The van der Waals surface area contributed by atoms with Gasteiger partial charge in [0.25, 0.3) is 0 Å². The van der Waals surface area contributed by atoms with Crippen molar-refractivity contribution in [1.82, 2.24) is 0 Å². The number of rotatable bonds is 4. The van der Waals surface area contributed by atoms with Crippen LogP contribution >= 0.6 is 23.2 Å². The van der Waals surface area contributed by atoms with Crippen LogP contribution in [0.25, 0.3) is 0 Å². The van der Waals surface area contributed by atoms with E-state index in [0.717, 1.165) is 5.56 Å². The van der Waals surface area contributed by atoms with E-state index in [9.17, 15) is 4.79 Å². The average Bonchev–Trinajstić information content (AvgIpc) is 2.22. The van der Waals surface area contributed by atoms with Crippen molar-refractivity contribution < 1.29 is 4.79 Å². The lowest BCUT2D eigenvalue weighted by molar-refractivity contribution is -0.122. The lowest BCUT2D eigenvalue weighted by Crippen LogP contribution is -2.12. The molecule has 0 aliphatic carbocycles. The maximum Gasteiger partial charge on any atom is 0.135 e. The SMILES string of the molecule is CCC(=O)C(C)Cc1c(Cl)cccc1Cl. The van der Waals surface area contributed by atoms with Crippen LogP contribution < -0.4 is 0 Å². The summed E-state index contributed by atoms with van der Waals surface area (Å²) in [7, 11) is 0. The largest absolute Gasteiger partial charge is 0.299 e. The number of hydrogen-bond donors (Lipinski definition) is 0. The van der Waals surface area contributed by atoms with Crippen LogP contribution in [-0.4, -0.2) is 5.78 Å². The highest BCUT2D eigenvalue weighted by Crippen LogP contribution is 2.27. The summed E-state index contributed by atoms with van der Waals surface area (Å²) in [4.78, 5) is 11.5. The molecule has 0 N–H and O–H groups in total. The lowest BCUT2D eigenvalue weighted by atomic mass is 9.96. The molecule has 0 bridgehead atoms. The van der Waals surface area contributed by atoms with Gasteiger partial charge in [0.2, 0.25) is 0 Å². The summed E-state index contributed by atoms with van der Waals surface area (Å²) in [5, 5.41) is 1.27. The predicted octanol–water partition coefficient (Wildman–Crippen LogP) is 4.15. The van der Waals surface area contributed by atoms with Gasteiger partial charge in [-0.1, -0.05) is 43.1 Å². The molecule has 0 aliphatic heterocycles. The van der Waals surface area contributed by atoms with Crippen molar-refractivity contribution in [2.24, 2.45) is 5.92 Å². The van der Waals surface area contributed by atoms with Crippen LogP contribution in [-0.2, 0) is 11.2 Å². The zero-order valence-corrected chi connectivity index (χ0v) is 10.4. The minimum Gasteiger partial charge on any atom is -0.299 e. The van der Waals surface area contributed by atoms with Gasteiger partial charge in [-0.15, -0.1) is 0 Å². The Morgan fingerprint density at radius 3 is 2.33 bits per heavy atom. The van der Waals surface area contributed by atoms with Crippen molar-refractivity contribution >= 4 is 29.0 Å². The molecule has 1 rings (SSSR count). The Morgan fingerprint density at radius 2 is 1.87 bits per heavy atom. The second-order valence-electron chi connectivity index (χ2n) is 3.63. The Morgan fingerprint density at radius 1 is 1.33 bits per heavy atom. The molecule has 0 heterocycles. The Kier molecular flexibility index (Phi) is 4.62. The van der Waals surface area contributed by atoms with Crippen molar-refractivity contribution in [2.75, 3.05) is 0 Å². The smallest absolute Gasteiger partial charge is 0.135 e. The highest BCUT2D eigenvalue weighted by molar-refractivity contribution is 6.36. The molecule has 82 valence electrons. The number of halogens is 2. The molecular formula is C12H14Cl2O. The van der Waals surface area contributed by atoms with E-state index in [4.69, 9.17) is 23.2 Å². The van der Waals surface area contributed by atoms with Crippen molar-refractivity contribution in [3.63, 3.8) is 0 Å². The summed E-state index contributed by atoms with van der Waals surface area (Å²) >= 11 is 12.1. The molecule has 1 unspecified atom stereocenters. The summed E-state index contributed by atoms with van der Waals surface area (Å²) in [6.45, 7) is 3.78. The molecule has 0 aliphatic rings. The first-order valence-corrected chi connectivity index (χ1v) is 5.77. The van der Waals surface area contributed by atoms with E-state index in [2.05, 4.69) is 0 Å². The van der Waals surface area contributed by atoms with Crippen LogP contribution in [0.1, 0.15) is 25.8 Å². The molecule has 0 spiro atoms. The molecule has 15 heavy (non-hydrogen) atoms. The molecule has 3 heteroatoms. The average molecular weight is 245 g/mol. The topological polar surface area (TPSA) is 17.1 Å². The molecule has 0 aromatic heterocycles. The molecule has 0 saturated carbocycles. The van der Waals surface area contributed by atoms with Crippen molar-refractivity contribution in [3.8, 4) is 0 Å².